The fourth-order valence-corrected chi connectivity index (χ4v) is 4.75. The van der Waals surface area contributed by atoms with E-state index in [-0.39, 0.29) is 12.1 Å². The number of thiazole rings is 1. The van der Waals surface area contributed by atoms with Crippen molar-refractivity contribution in [3.05, 3.63) is 88.3 Å². The van der Waals surface area contributed by atoms with Gasteiger partial charge in [-0.3, -0.25) is 0 Å². The molecule has 2 aromatic carbocycles. The molecule has 0 amide bonds. The van der Waals surface area contributed by atoms with Crippen LogP contribution in [0.2, 0.25) is 0 Å². The standard InChI is InChI=1S/C24H19F2N5O4S/c1-15(22-30-21(10-36-22)17-4-2-16(9-27)3-5-17)24(35-23(33)34-14-32,11-31-13-28-12-29-31)19-7-6-18(25)8-20(19)26/h2-8,10,12-13,15,32H,11,14H2,1H3/t15-,24?/m0/s1. The van der Waals surface area contributed by atoms with Gasteiger partial charge in [0.05, 0.1) is 29.8 Å². The van der Waals surface area contributed by atoms with Crippen LogP contribution in [0.25, 0.3) is 11.3 Å². The van der Waals surface area contributed by atoms with Crippen molar-refractivity contribution >= 4 is 17.5 Å². The molecule has 0 fully saturated rings. The van der Waals surface area contributed by atoms with Gasteiger partial charge in [-0.25, -0.2) is 28.2 Å². The van der Waals surface area contributed by atoms with E-state index in [0.717, 1.165) is 11.6 Å². The van der Waals surface area contributed by atoms with Crippen LogP contribution in [0.1, 0.15) is 29.0 Å². The van der Waals surface area contributed by atoms with Gasteiger partial charge in [0.25, 0.3) is 0 Å². The van der Waals surface area contributed by atoms with Gasteiger partial charge < -0.3 is 14.6 Å². The third kappa shape index (κ3) is 5.07. The smallest absolute Gasteiger partial charge is 0.420 e. The predicted molar refractivity (Wildman–Crippen MR) is 123 cm³/mol. The van der Waals surface area contributed by atoms with Crippen molar-refractivity contribution in [1.82, 2.24) is 19.7 Å². The van der Waals surface area contributed by atoms with Crippen LogP contribution in [0, 0.1) is 23.0 Å². The van der Waals surface area contributed by atoms with Gasteiger partial charge in [0, 0.05) is 22.6 Å². The highest BCUT2D eigenvalue weighted by molar-refractivity contribution is 7.10. The van der Waals surface area contributed by atoms with Crippen molar-refractivity contribution in [2.75, 3.05) is 6.79 Å². The summed E-state index contributed by atoms with van der Waals surface area (Å²) in [5.41, 5.74) is -0.121. The van der Waals surface area contributed by atoms with E-state index in [9.17, 15) is 9.18 Å². The number of nitriles is 1. The van der Waals surface area contributed by atoms with Crippen LogP contribution in [0.3, 0.4) is 0 Å². The van der Waals surface area contributed by atoms with Crippen LogP contribution < -0.4 is 0 Å². The van der Waals surface area contributed by atoms with E-state index < -0.39 is 36.1 Å². The van der Waals surface area contributed by atoms with Crippen LogP contribution in [0.5, 0.6) is 0 Å². The molecular formula is C24H19F2N5O4S. The number of rotatable bonds is 8. The minimum Gasteiger partial charge on any atom is -0.420 e. The fraction of sp³-hybridized carbons (Fsp3) is 0.208. The first-order valence-electron chi connectivity index (χ1n) is 10.6. The highest BCUT2D eigenvalue weighted by atomic mass is 32.1. The molecule has 0 aliphatic rings. The summed E-state index contributed by atoms with van der Waals surface area (Å²) in [6.07, 6.45) is 1.35. The molecule has 2 atom stereocenters. The molecule has 0 bridgehead atoms. The number of carbonyl (C=O) groups excluding carboxylic acids is 1. The number of aromatic nitrogens is 4. The first-order chi connectivity index (χ1) is 17.4. The average molecular weight is 512 g/mol. The molecule has 9 nitrogen and oxygen atoms in total. The molecule has 184 valence electrons. The average Bonchev–Trinajstić information content (AvgIpc) is 3.56. The number of hydrogen-bond acceptors (Lipinski definition) is 9. The van der Waals surface area contributed by atoms with Gasteiger partial charge in [-0.2, -0.15) is 10.4 Å². The summed E-state index contributed by atoms with van der Waals surface area (Å²) in [5, 5.41) is 24.4. The second-order valence-corrected chi connectivity index (χ2v) is 8.60. The number of aliphatic hydroxyl groups is 1. The van der Waals surface area contributed by atoms with Crippen LogP contribution in [0.4, 0.5) is 13.6 Å². The third-order valence-corrected chi connectivity index (χ3v) is 6.63. The predicted octanol–water partition coefficient (Wildman–Crippen LogP) is 4.35. The van der Waals surface area contributed by atoms with Crippen molar-refractivity contribution in [3.8, 4) is 17.3 Å². The van der Waals surface area contributed by atoms with Gasteiger partial charge in [0.15, 0.2) is 12.4 Å². The molecular weight excluding hydrogens is 492 g/mol. The molecule has 0 saturated heterocycles. The Labute approximate surface area is 208 Å². The van der Waals surface area contributed by atoms with E-state index in [1.54, 1.807) is 36.6 Å². The van der Waals surface area contributed by atoms with E-state index >= 15 is 4.39 Å². The molecule has 2 aromatic heterocycles. The molecule has 0 spiro atoms. The van der Waals surface area contributed by atoms with Crippen molar-refractivity contribution in [2.45, 2.75) is 25.0 Å². The SMILES string of the molecule is C[C@@H](c1nc(-c2ccc(C#N)cc2)cs1)C(Cn1cncn1)(OC(=O)OCO)c1ccc(F)cc1F. The summed E-state index contributed by atoms with van der Waals surface area (Å²) < 4.78 is 40.6. The molecule has 12 heteroatoms. The van der Waals surface area contributed by atoms with Crippen molar-refractivity contribution < 1.29 is 28.2 Å². The Hall–Kier alpha value is -4.21. The molecule has 0 saturated carbocycles. The number of ether oxygens (including phenoxy) is 2. The summed E-state index contributed by atoms with van der Waals surface area (Å²) in [7, 11) is 0. The lowest BCUT2D eigenvalue weighted by Gasteiger charge is -2.37. The molecule has 0 aliphatic heterocycles. The quantitative estimate of drug-likeness (QED) is 0.274. The van der Waals surface area contributed by atoms with Gasteiger partial charge in [-0.1, -0.05) is 19.1 Å². The minimum absolute atomic E-state index is 0.142. The largest absolute Gasteiger partial charge is 0.511 e. The Morgan fingerprint density at radius 1 is 1.28 bits per heavy atom. The van der Waals surface area contributed by atoms with Gasteiger partial charge in [0.2, 0.25) is 0 Å². The number of aliphatic hydroxyl groups excluding tert-OH is 1. The maximum absolute atomic E-state index is 15.2. The minimum atomic E-state index is -1.82. The van der Waals surface area contributed by atoms with Crippen molar-refractivity contribution in [1.29, 1.82) is 5.26 Å². The van der Waals surface area contributed by atoms with Gasteiger partial charge >= 0.3 is 6.16 Å². The van der Waals surface area contributed by atoms with Crippen LogP contribution >= 0.6 is 11.3 Å². The number of nitrogens with zero attached hydrogens (tertiary/aromatic N) is 5. The van der Waals surface area contributed by atoms with E-state index in [4.69, 9.17) is 15.1 Å². The van der Waals surface area contributed by atoms with E-state index in [1.807, 2.05) is 0 Å². The Morgan fingerprint density at radius 3 is 2.69 bits per heavy atom. The molecule has 36 heavy (non-hydrogen) atoms. The third-order valence-electron chi connectivity index (χ3n) is 5.60. The van der Waals surface area contributed by atoms with E-state index in [0.29, 0.717) is 22.3 Å². The van der Waals surface area contributed by atoms with Crippen LogP contribution in [-0.4, -0.2) is 37.8 Å². The summed E-state index contributed by atoms with van der Waals surface area (Å²) in [5.74, 6) is -2.57. The zero-order valence-corrected chi connectivity index (χ0v) is 19.7. The van der Waals surface area contributed by atoms with E-state index in [1.165, 1.54) is 34.7 Å². The number of hydrogen-bond donors (Lipinski definition) is 1. The van der Waals surface area contributed by atoms with Gasteiger partial charge in [-0.05, 0) is 24.3 Å². The van der Waals surface area contributed by atoms with Crippen molar-refractivity contribution in [2.24, 2.45) is 0 Å². The first-order valence-corrected chi connectivity index (χ1v) is 11.4. The summed E-state index contributed by atoms with van der Waals surface area (Å²) >= 11 is 1.25. The lowest BCUT2D eigenvalue weighted by Crippen LogP contribution is -2.43. The summed E-state index contributed by atoms with van der Waals surface area (Å²) in [6.45, 7) is 0.495. The number of benzene rings is 2. The maximum atomic E-state index is 15.2. The monoisotopic (exact) mass is 511 g/mol. The molecule has 1 N–H and O–H groups in total. The Bertz CT molecular complexity index is 1390. The van der Waals surface area contributed by atoms with E-state index in [2.05, 4.69) is 25.9 Å². The highest BCUT2D eigenvalue weighted by Gasteiger charge is 2.47. The second-order valence-electron chi connectivity index (χ2n) is 7.71. The van der Waals surface area contributed by atoms with Gasteiger partial charge in [0.1, 0.15) is 29.3 Å². The normalized spacial score (nSPS) is 13.4. The highest BCUT2D eigenvalue weighted by Crippen LogP contribution is 2.44. The lowest BCUT2D eigenvalue weighted by atomic mass is 9.81. The zero-order valence-electron chi connectivity index (χ0n) is 18.8. The van der Waals surface area contributed by atoms with Crippen LogP contribution in [0.15, 0.2) is 60.5 Å². The van der Waals surface area contributed by atoms with Crippen molar-refractivity contribution in [3.63, 3.8) is 0 Å². The Kier molecular flexibility index (Phi) is 7.33. The number of halogens is 2. The zero-order chi connectivity index (χ0) is 25.7. The molecule has 0 aliphatic carbocycles. The lowest BCUT2D eigenvalue weighted by molar-refractivity contribution is -0.0849. The molecule has 2 heterocycles. The molecule has 4 aromatic rings. The van der Waals surface area contributed by atoms with Crippen LogP contribution in [-0.2, 0) is 21.6 Å². The first kappa shape index (κ1) is 24.9. The fourth-order valence-electron chi connectivity index (χ4n) is 3.78. The number of carbonyl (C=O) groups is 1. The Morgan fingerprint density at radius 2 is 2.06 bits per heavy atom. The molecule has 1 unspecified atom stereocenters. The summed E-state index contributed by atoms with van der Waals surface area (Å²) in [4.78, 5) is 21.0. The molecule has 0 radical (unpaired) electrons. The Balaban J connectivity index is 1.83. The van der Waals surface area contributed by atoms with Gasteiger partial charge in [-0.15, -0.1) is 11.3 Å². The second kappa shape index (κ2) is 10.6. The topological polar surface area (TPSA) is 123 Å². The summed E-state index contributed by atoms with van der Waals surface area (Å²) in [6, 6.07) is 11.8. The maximum Gasteiger partial charge on any atom is 0.511 e. The molecule has 4 rings (SSSR count).